The van der Waals surface area contributed by atoms with Gasteiger partial charge in [0.2, 0.25) is 5.75 Å². The summed E-state index contributed by atoms with van der Waals surface area (Å²) in [4.78, 5) is 19.4. The van der Waals surface area contributed by atoms with Crippen molar-refractivity contribution in [3.8, 4) is 23.0 Å². The van der Waals surface area contributed by atoms with Crippen LogP contribution in [0.2, 0.25) is 0 Å². The van der Waals surface area contributed by atoms with Crippen LogP contribution in [0.3, 0.4) is 0 Å². The van der Waals surface area contributed by atoms with E-state index in [1.54, 1.807) is 26.2 Å². The van der Waals surface area contributed by atoms with E-state index >= 15 is 0 Å². The van der Waals surface area contributed by atoms with Crippen LogP contribution in [0.15, 0.2) is 72.8 Å². The van der Waals surface area contributed by atoms with Crippen molar-refractivity contribution in [1.29, 1.82) is 0 Å². The summed E-state index contributed by atoms with van der Waals surface area (Å²) < 4.78 is 23.1. The van der Waals surface area contributed by atoms with Crippen LogP contribution in [0.4, 0.5) is 5.69 Å². The number of hydrogen-bond donors (Lipinski definition) is 2. The largest absolute Gasteiger partial charge is 0.493 e. The Bertz CT molecular complexity index is 1750. The molecule has 1 aromatic heterocycles. The van der Waals surface area contributed by atoms with Gasteiger partial charge in [0.15, 0.2) is 11.5 Å². The number of H-pyrrole nitrogens is 1. The van der Waals surface area contributed by atoms with E-state index in [0.717, 1.165) is 45.8 Å². The fourth-order valence-electron chi connectivity index (χ4n) is 6.02. The monoisotopic (exact) mass is 566 g/mol. The lowest BCUT2D eigenvalue weighted by atomic mass is 9.89. The number of nitrogens with one attached hydrogen (secondary N) is 1. The van der Waals surface area contributed by atoms with E-state index in [2.05, 4.69) is 4.98 Å². The Balaban J connectivity index is 1.48. The molecule has 6 rings (SSSR count). The molecule has 0 saturated carbocycles. The van der Waals surface area contributed by atoms with Crippen LogP contribution in [-0.2, 0) is 6.61 Å². The van der Waals surface area contributed by atoms with Gasteiger partial charge in [-0.15, -0.1) is 0 Å². The molecule has 0 radical (unpaired) electrons. The maximum Gasteiger partial charge on any atom is 0.274 e. The van der Waals surface area contributed by atoms with Gasteiger partial charge < -0.3 is 33.9 Å². The number of aliphatic hydroxyl groups is 1. The van der Waals surface area contributed by atoms with Gasteiger partial charge in [0.1, 0.15) is 18.1 Å². The molecule has 0 spiro atoms. The highest BCUT2D eigenvalue weighted by molar-refractivity contribution is 6.10. The molecular formula is C34H34N2O6. The van der Waals surface area contributed by atoms with Crippen molar-refractivity contribution in [2.75, 3.05) is 39.4 Å². The highest BCUT2D eigenvalue weighted by atomic mass is 16.5. The molecule has 2 heterocycles. The average Bonchev–Trinajstić information content (AvgIpc) is 3.37. The van der Waals surface area contributed by atoms with Gasteiger partial charge in [0, 0.05) is 29.3 Å². The van der Waals surface area contributed by atoms with Crippen molar-refractivity contribution in [2.45, 2.75) is 25.4 Å². The smallest absolute Gasteiger partial charge is 0.274 e. The third-order valence-corrected chi connectivity index (χ3v) is 8.01. The van der Waals surface area contributed by atoms with Gasteiger partial charge in [-0.05, 0) is 41.5 Å². The Morgan fingerprint density at radius 3 is 2.36 bits per heavy atom. The van der Waals surface area contributed by atoms with Gasteiger partial charge in [-0.2, -0.15) is 0 Å². The van der Waals surface area contributed by atoms with Crippen LogP contribution in [0.25, 0.3) is 21.7 Å². The molecule has 8 heteroatoms. The first kappa shape index (κ1) is 27.5. The summed E-state index contributed by atoms with van der Waals surface area (Å²) in [6.07, 6.45) is 1.50. The Morgan fingerprint density at radius 1 is 0.905 bits per heavy atom. The number of ether oxygens (including phenoxy) is 4. The number of anilines is 1. The van der Waals surface area contributed by atoms with Crippen LogP contribution >= 0.6 is 0 Å². The molecule has 216 valence electrons. The standard InChI is InChI=1S/C34H34N2O6/c1-39-29-17-23-16-26(35-31(23)33(41-3)32(29)40-2)34(38)36-15-9-12-22(19-37)30-25-14-8-7-13-24(25)28(18-27(30)36)42-20-21-10-5-4-6-11-21/h4-8,10-11,13-14,16-18,22,35,37H,9,12,15,19-20H2,1-3H3/t22-/m0/s1. The number of aliphatic hydroxyl groups excluding tert-OH is 1. The predicted molar refractivity (Wildman–Crippen MR) is 163 cm³/mol. The zero-order chi connectivity index (χ0) is 29.2. The molecule has 4 aromatic carbocycles. The minimum atomic E-state index is -0.185. The quantitative estimate of drug-likeness (QED) is 0.225. The van der Waals surface area contributed by atoms with E-state index in [0.29, 0.717) is 47.4 Å². The number of carbonyl (C=O) groups is 1. The number of aromatic nitrogens is 1. The van der Waals surface area contributed by atoms with Gasteiger partial charge in [0.05, 0.1) is 39.1 Å². The summed E-state index contributed by atoms with van der Waals surface area (Å²) >= 11 is 0. The fraction of sp³-hybridized carbons (Fsp3) is 0.265. The fourth-order valence-corrected chi connectivity index (χ4v) is 6.02. The second-order valence-corrected chi connectivity index (χ2v) is 10.4. The summed E-state index contributed by atoms with van der Waals surface area (Å²) in [5, 5.41) is 13.2. The SMILES string of the molecule is COc1cc2cc(C(=O)N3CCC[C@@H](CO)c4c3cc(OCc3ccccc3)c3ccccc43)[nH]c2c(OC)c1OC. The molecule has 0 saturated heterocycles. The van der Waals surface area contributed by atoms with Crippen LogP contribution in [0, 0.1) is 0 Å². The molecule has 5 aromatic rings. The molecule has 8 nitrogen and oxygen atoms in total. The maximum absolute atomic E-state index is 14.3. The lowest BCUT2D eigenvalue weighted by Gasteiger charge is -2.26. The molecule has 1 amide bonds. The summed E-state index contributed by atoms with van der Waals surface area (Å²) in [7, 11) is 4.67. The zero-order valence-electron chi connectivity index (χ0n) is 24.0. The van der Waals surface area contributed by atoms with E-state index < -0.39 is 0 Å². The molecule has 0 bridgehead atoms. The lowest BCUT2D eigenvalue weighted by Crippen LogP contribution is -2.32. The molecule has 0 aliphatic carbocycles. The zero-order valence-corrected chi connectivity index (χ0v) is 24.0. The summed E-state index contributed by atoms with van der Waals surface area (Å²) in [5.74, 6) is 1.82. The van der Waals surface area contributed by atoms with Crippen molar-refractivity contribution < 1.29 is 28.8 Å². The third-order valence-electron chi connectivity index (χ3n) is 8.01. The van der Waals surface area contributed by atoms with Crippen LogP contribution in [-0.4, -0.2) is 50.5 Å². The average molecular weight is 567 g/mol. The molecule has 0 unspecified atom stereocenters. The Kier molecular flexibility index (Phi) is 7.63. The van der Waals surface area contributed by atoms with Gasteiger partial charge in [0.25, 0.3) is 5.91 Å². The number of benzene rings is 4. The summed E-state index contributed by atoms with van der Waals surface area (Å²) in [6, 6.07) is 23.6. The first-order valence-electron chi connectivity index (χ1n) is 14.0. The number of methoxy groups -OCH3 is 3. The number of carbonyl (C=O) groups excluding carboxylic acids is 1. The number of amides is 1. The summed E-state index contributed by atoms with van der Waals surface area (Å²) in [5.41, 5.74) is 3.82. The normalized spacial score (nSPS) is 14.9. The van der Waals surface area contributed by atoms with Crippen molar-refractivity contribution in [3.63, 3.8) is 0 Å². The Morgan fingerprint density at radius 2 is 1.64 bits per heavy atom. The van der Waals surface area contributed by atoms with E-state index in [-0.39, 0.29) is 18.4 Å². The van der Waals surface area contributed by atoms with Crippen molar-refractivity contribution >= 4 is 33.3 Å². The van der Waals surface area contributed by atoms with Crippen molar-refractivity contribution in [1.82, 2.24) is 4.98 Å². The second kappa shape index (κ2) is 11.7. The van der Waals surface area contributed by atoms with Crippen LogP contribution in [0.5, 0.6) is 23.0 Å². The van der Waals surface area contributed by atoms with E-state index in [1.165, 1.54) is 0 Å². The minimum Gasteiger partial charge on any atom is -0.493 e. The van der Waals surface area contributed by atoms with E-state index in [4.69, 9.17) is 18.9 Å². The Hall–Kier alpha value is -4.69. The minimum absolute atomic E-state index is 0.00752. The molecule has 1 aliphatic heterocycles. The van der Waals surface area contributed by atoms with Gasteiger partial charge in [-0.25, -0.2) is 0 Å². The number of fused-ring (bicyclic) bond motifs is 4. The highest BCUT2D eigenvalue weighted by Gasteiger charge is 2.31. The predicted octanol–water partition coefficient (Wildman–Crippen LogP) is 6.44. The van der Waals surface area contributed by atoms with Crippen molar-refractivity contribution in [3.05, 3.63) is 89.6 Å². The molecular weight excluding hydrogens is 532 g/mol. The number of rotatable bonds is 8. The Labute approximate surface area is 244 Å². The molecule has 1 atom stereocenters. The van der Waals surface area contributed by atoms with Gasteiger partial charge in [-0.3, -0.25) is 4.79 Å². The van der Waals surface area contributed by atoms with Crippen molar-refractivity contribution in [2.24, 2.45) is 0 Å². The van der Waals surface area contributed by atoms with Gasteiger partial charge >= 0.3 is 0 Å². The highest BCUT2D eigenvalue weighted by Crippen LogP contribution is 2.46. The third kappa shape index (κ3) is 4.77. The topological polar surface area (TPSA) is 93.2 Å². The first-order chi connectivity index (χ1) is 20.6. The molecule has 0 fully saturated rings. The first-order valence-corrected chi connectivity index (χ1v) is 14.0. The number of hydrogen-bond acceptors (Lipinski definition) is 6. The summed E-state index contributed by atoms with van der Waals surface area (Å²) in [6.45, 7) is 0.886. The van der Waals surface area contributed by atoms with E-state index in [1.807, 2.05) is 72.8 Å². The maximum atomic E-state index is 14.3. The van der Waals surface area contributed by atoms with Crippen LogP contribution in [0.1, 0.15) is 40.4 Å². The van der Waals surface area contributed by atoms with Crippen LogP contribution < -0.4 is 23.8 Å². The molecule has 1 aliphatic rings. The lowest BCUT2D eigenvalue weighted by molar-refractivity contribution is 0.0983. The number of aromatic amines is 1. The molecule has 42 heavy (non-hydrogen) atoms. The number of nitrogens with zero attached hydrogens (tertiary/aromatic N) is 1. The molecule has 2 N–H and O–H groups in total. The van der Waals surface area contributed by atoms with Gasteiger partial charge in [-0.1, -0.05) is 54.6 Å². The second-order valence-electron chi connectivity index (χ2n) is 10.4. The van der Waals surface area contributed by atoms with E-state index in [9.17, 15) is 9.90 Å².